The fraction of sp³-hybridized carbons (Fsp3) is 0.842. The largest absolute Gasteiger partial charge is 0.339 e. The average molecular weight is 389 g/mol. The Hall–Kier alpha value is -0.610. The van der Waals surface area contributed by atoms with Gasteiger partial charge in [-0.05, 0) is 31.6 Å². The van der Waals surface area contributed by atoms with Crippen LogP contribution in [0.15, 0.2) is 12.7 Å². The standard InChI is InChI=1S/C19H34Cl2N4/c1-5-9-10-16(6-2)12-25(18-23-14-22-15-24-18)13-19(21,8-4)11-17(20)7-3/h14-17H,5-13H2,1-4H3. The number of rotatable bonds is 13. The van der Waals surface area contributed by atoms with Crippen LogP contribution in [0.3, 0.4) is 0 Å². The minimum Gasteiger partial charge on any atom is -0.339 e. The Bertz CT molecular complexity index is 460. The maximum atomic E-state index is 6.98. The Kier molecular flexibility index (Phi) is 10.7. The van der Waals surface area contributed by atoms with Crippen LogP contribution in [0.25, 0.3) is 0 Å². The summed E-state index contributed by atoms with van der Waals surface area (Å²) < 4.78 is 0. The van der Waals surface area contributed by atoms with Crippen LogP contribution in [0.2, 0.25) is 0 Å². The predicted octanol–water partition coefficient (Wildman–Crippen LogP) is 5.69. The van der Waals surface area contributed by atoms with Gasteiger partial charge in [-0.25, -0.2) is 15.0 Å². The molecular weight excluding hydrogens is 355 g/mol. The molecule has 0 aliphatic rings. The van der Waals surface area contributed by atoms with Crippen molar-refractivity contribution in [3.63, 3.8) is 0 Å². The topological polar surface area (TPSA) is 41.9 Å². The summed E-state index contributed by atoms with van der Waals surface area (Å²) in [6.07, 6.45) is 10.5. The fourth-order valence-electron chi connectivity index (χ4n) is 3.05. The molecule has 3 atom stereocenters. The third kappa shape index (κ3) is 8.08. The Morgan fingerprint density at radius 1 is 1.12 bits per heavy atom. The number of nitrogens with zero attached hydrogens (tertiary/aromatic N) is 4. The first-order valence-corrected chi connectivity index (χ1v) is 10.5. The number of anilines is 1. The molecule has 0 bridgehead atoms. The molecule has 0 aromatic carbocycles. The van der Waals surface area contributed by atoms with Gasteiger partial charge in [-0.3, -0.25) is 0 Å². The van der Waals surface area contributed by atoms with Crippen LogP contribution in [-0.2, 0) is 0 Å². The first kappa shape index (κ1) is 22.4. The van der Waals surface area contributed by atoms with Gasteiger partial charge in [-0.1, -0.05) is 47.0 Å². The second kappa shape index (κ2) is 11.9. The molecule has 6 heteroatoms. The lowest BCUT2D eigenvalue weighted by Gasteiger charge is -2.36. The number of hydrogen-bond acceptors (Lipinski definition) is 4. The minimum atomic E-state index is -0.363. The van der Waals surface area contributed by atoms with Gasteiger partial charge in [-0.2, -0.15) is 0 Å². The number of aromatic nitrogens is 3. The van der Waals surface area contributed by atoms with E-state index in [0.29, 0.717) is 18.4 Å². The van der Waals surface area contributed by atoms with Crippen molar-refractivity contribution in [3.05, 3.63) is 12.7 Å². The van der Waals surface area contributed by atoms with Gasteiger partial charge in [0, 0.05) is 18.5 Å². The molecule has 144 valence electrons. The minimum absolute atomic E-state index is 0.0970. The Morgan fingerprint density at radius 2 is 1.80 bits per heavy atom. The van der Waals surface area contributed by atoms with Crippen LogP contribution in [-0.4, -0.2) is 38.3 Å². The predicted molar refractivity (Wildman–Crippen MR) is 109 cm³/mol. The summed E-state index contributed by atoms with van der Waals surface area (Å²) in [5.41, 5.74) is 0. The SMILES string of the molecule is CCCCC(CC)CN(CC(Cl)(CC)CC(Cl)CC)c1ncncn1. The molecular formula is C19H34Cl2N4. The molecule has 0 aliphatic heterocycles. The maximum absolute atomic E-state index is 6.98. The van der Waals surface area contributed by atoms with Crippen molar-refractivity contribution in [2.45, 2.75) is 82.9 Å². The van der Waals surface area contributed by atoms with Gasteiger partial charge in [0.25, 0.3) is 0 Å². The molecule has 0 fully saturated rings. The van der Waals surface area contributed by atoms with E-state index in [0.717, 1.165) is 32.2 Å². The first-order valence-electron chi connectivity index (χ1n) is 9.67. The van der Waals surface area contributed by atoms with Crippen molar-refractivity contribution in [2.24, 2.45) is 5.92 Å². The van der Waals surface area contributed by atoms with Gasteiger partial charge in [0.1, 0.15) is 12.7 Å². The quantitative estimate of drug-likeness (QED) is 0.407. The van der Waals surface area contributed by atoms with Crippen molar-refractivity contribution in [1.82, 2.24) is 15.0 Å². The van der Waals surface area contributed by atoms with Crippen LogP contribution in [0, 0.1) is 5.92 Å². The van der Waals surface area contributed by atoms with E-state index in [1.54, 1.807) is 12.7 Å². The highest BCUT2D eigenvalue weighted by molar-refractivity contribution is 6.26. The van der Waals surface area contributed by atoms with Gasteiger partial charge >= 0.3 is 0 Å². The van der Waals surface area contributed by atoms with E-state index in [4.69, 9.17) is 23.2 Å². The third-order valence-corrected chi connectivity index (χ3v) is 5.93. The molecule has 25 heavy (non-hydrogen) atoms. The molecule has 1 rings (SSSR count). The first-order chi connectivity index (χ1) is 12.0. The zero-order valence-electron chi connectivity index (χ0n) is 16.2. The van der Waals surface area contributed by atoms with Crippen LogP contribution in [0.5, 0.6) is 0 Å². The van der Waals surface area contributed by atoms with E-state index < -0.39 is 0 Å². The Labute approximate surface area is 163 Å². The zero-order chi connectivity index (χ0) is 18.7. The van der Waals surface area contributed by atoms with Crippen LogP contribution in [0.4, 0.5) is 5.95 Å². The smallest absolute Gasteiger partial charge is 0.228 e. The van der Waals surface area contributed by atoms with Crippen LogP contribution >= 0.6 is 23.2 Å². The molecule has 0 N–H and O–H groups in total. The molecule has 0 amide bonds. The number of unbranched alkanes of at least 4 members (excludes halogenated alkanes) is 1. The lowest BCUT2D eigenvalue weighted by Crippen LogP contribution is -2.43. The molecule has 0 aliphatic carbocycles. The van der Waals surface area contributed by atoms with E-state index in [1.165, 1.54) is 19.3 Å². The summed E-state index contributed by atoms with van der Waals surface area (Å²) in [5.74, 6) is 1.33. The van der Waals surface area contributed by atoms with E-state index in [1.807, 2.05) is 0 Å². The lowest BCUT2D eigenvalue weighted by molar-refractivity contribution is 0.416. The highest BCUT2D eigenvalue weighted by atomic mass is 35.5. The summed E-state index contributed by atoms with van der Waals surface area (Å²) in [4.78, 5) is 14.6. The lowest BCUT2D eigenvalue weighted by atomic mass is 9.95. The summed E-state index contributed by atoms with van der Waals surface area (Å²) in [5, 5.41) is 0.0970. The normalized spacial score (nSPS) is 16.2. The van der Waals surface area contributed by atoms with Crippen molar-refractivity contribution < 1.29 is 0 Å². The van der Waals surface area contributed by atoms with Gasteiger partial charge in [-0.15, -0.1) is 23.2 Å². The third-order valence-electron chi connectivity index (χ3n) is 4.92. The molecule has 0 radical (unpaired) electrons. The molecule has 0 saturated carbocycles. The van der Waals surface area contributed by atoms with Crippen molar-refractivity contribution in [3.8, 4) is 0 Å². The van der Waals surface area contributed by atoms with E-state index in [2.05, 4.69) is 47.5 Å². The fourth-order valence-corrected chi connectivity index (χ4v) is 3.75. The van der Waals surface area contributed by atoms with Gasteiger partial charge < -0.3 is 4.90 Å². The van der Waals surface area contributed by atoms with E-state index in [-0.39, 0.29) is 10.3 Å². The second-order valence-electron chi connectivity index (χ2n) is 6.95. The summed E-state index contributed by atoms with van der Waals surface area (Å²) in [7, 11) is 0. The monoisotopic (exact) mass is 388 g/mol. The van der Waals surface area contributed by atoms with Gasteiger partial charge in [0.15, 0.2) is 0 Å². The molecule has 0 saturated heterocycles. The molecule has 4 nitrogen and oxygen atoms in total. The molecule has 1 heterocycles. The average Bonchev–Trinajstić information content (AvgIpc) is 2.64. The number of hydrogen-bond donors (Lipinski definition) is 0. The summed E-state index contributed by atoms with van der Waals surface area (Å²) in [6.45, 7) is 10.4. The van der Waals surface area contributed by atoms with Crippen molar-refractivity contribution >= 4 is 29.2 Å². The highest BCUT2D eigenvalue weighted by Gasteiger charge is 2.32. The van der Waals surface area contributed by atoms with Gasteiger partial charge in [0.2, 0.25) is 5.95 Å². The summed E-state index contributed by atoms with van der Waals surface area (Å²) in [6, 6.07) is 0. The number of halogens is 2. The van der Waals surface area contributed by atoms with E-state index in [9.17, 15) is 0 Å². The Balaban J connectivity index is 2.93. The zero-order valence-corrected chi connectivity index (χ0v) is 17.7. The number of alkyl halides is 2. The Morgan fingerprint density at radius 3 is 2.32 bits per heavy atom. The molecule has 0 spiro atoms. The van der Waals surface area contributed by atoms with Gasteiger partial charge in [0.05, 0.1) is 4.87 Å². The maximum Gasteiger partial charge on any atom is 0.228 e. The summed E-state index contributed by atoms with van der Waals surface area (Å²) >= 11 is 13.4. The molecule has 1 aromatic rings. The molecule has 3 unspecified atom stereocenters. The van der Waals surface area contributed by atoms with Crippen molar-refractivity contribution in [1.29, 1.82) is 0 Å². The van der Waals surface area contributed by atoms with Crippen LogP contribution in [0.1, 0.15) is 72.6 Å². The van der Waals surface area contributed by atoms with Crippen molar-refractivity contribution in [2.75, 3.05) is 18.0 Å². The second-order valence-corrected chi connectivity index (χ2v) is 8.37. The highest BCUT2D eigenvalue weighted by Crippen LogP contribution is 2.31. The van der Waals surface area contributed by atoms with E-state index >= 15 is 0 Å². The molecule has 1 aromatic heterocycles. The van der Waals surface area contributed by atoms with Crippen LogP contribution < -0.4 is 4.90 Å².